The minimum absolute atomic E-state index is 0.00234. The fourth-order valence-electron chi connectivity index (χ4n) is 3.56. The molecule has 1 fully saturated rings. The summed E-state index contributed by atoms with van der Waals surface area (Å²) in [5.74, 6) is -0.00234. The third-order valence-electron chi connectivity index (χ3n) is 5.20. The molecule has 0 spiro atoms. The van der Waals surface area contributed by atoms with Crippen LogP contribution in [0.2, 0.25) is 0 Å². The van der Waals surface area contributed by atoms with Gasteiger partial charge in [-0.15, -0.1) is 0 Å². The van der Waals surface area contributed by atoms with E-state index in [1.165, 1.54) is 5.56 Å². The van der Waals surface area contributed by atoms with Crippen LogP contribution in [0, 0.1) is 32.1 Å². The second-order valence-electron chi connectivity index (χ2n) is 6.76. The van der Waals surface area contributed by atoms with Gasteiger partial charge in [0.15, 0.2) is 0 Å². The van der Waals surface area contributed by atoms with Crippen molar-refractivity contribution in [3.05, 3.63) is 34.4 Å². The van der Waals surface area contributed by atoms with E-state index in [0.29, 0.717) is 32.4 Å². The molecule has 5 heteroatoms. The van der Waals surface area contributed by atoms with Crippen LogP contribution in [0.1, 0.15) is 35.1 Å². The van der Waals surface area contributed by atoms with Crippen molar-refractivity contribution in [2.24, 2.45) is 0 Å². The number of piperidine rings is 1. The molecule has 1 aromatic rings. The Bertz CT molecular complexity index is 632. The van der Waals surface area contributed by atoms with Crippen LogP contribution in [0.4, 0.5) is 0 Å². The number of benzene rings is 1. The highest BCUT2D eigenvalue weighted by Gasteiger charge is 2.41. The number of aryl methyl sites for hydroxylation is 3. The third-order valence-corrected chi connectivity index (χ3v) is 5.20. The molecule has 2 rings (SSSR count). The van der Waals surface area contributed by atoms with Gasteiger partial charge in [0, 0.05) is 20.1 Å². The standard InChI is InChI=1S/C19H27N3O2/c1-14-10-15(2)17(16(3)11-14)12-18(23)21(4)19(13-20)6-8-22(24-5)9-7-19/h10-11H,6-9,12H2,1-5H3. The Balaban J connectivity index is 2.16. The quantitative estimate of drug-likeness (QED) is 0.852. The van der Waals surface area contributed by atoms with Crippen LogP contribution in [-0.4, -0.2) is 48.7 Å². The largest absolute Gasteiger partial charge is 0.327 e. The highest BCUT2D eigenvalue weighted by Crippen LogP contribution is 2.28. The van der Waals surface area contributed by atoms with Gasteiger partial charge in [-0.1, -0.05) is 17.7 Å². The zero-order valence-electron chi connectivity index (χ0n) is 15.3. The fourth-order valence-corrected chi connectivity index (χ4v) is 3.56. The summed E-state index contributed by atoms with van der Waals surface area (Å²) in [6.07, 6.45) is 1.54. The number of likely N-dealkylation sites (N-methyl/N-ethyl adjacent to an activating group) is 1. The van der Waals surface area contributed by atoms with Crippen LogP contribution in [0.3, 0.4) is 0 Å². The van der Waals surface area contributed by atoms with Crippen LogP contribution < -0.4 is 0 Å². The van der Waals surface area contributed by atoms with Crippen molar-refractivity contribution in [2.45, 2.75) is 45.6 Å². The second kappa shape index (κ2) is 7.33. The highest BCUT2D eigenvalue weighted by atomic mass is 16.7. The number of nitriles is 1. The third kappa shape index (κ3) is 3.61. The van der Waals surface area contributed by atoms with Gasteiger partial charge in [-0.2, -0.15) is 10.3 Å². The topological polar surface area (TPSA) is 56.6 Å². The van der Waals surface area contributed by atoms with Crippen LogP contribution in [0.15, 0.2) is 12.1 Å². The van der Waals surface area contributed by atoms with Crippen molar-refractivity contribution >= 4 is 5.91 Å². The Labute approximate surface area is 144 Å². The number of hydroxylamine groups is 2. The average molecular weight is 329 g/mol. The van der Waals surface area contributed by atoms with E-state index in [9.17, 15) is 10.1 Å². The predicted molar refractivity (Wildman–Crippen MR) is 93.3 cm³/mol. The van der Waals surface area contributed by atoms with Crippen LogP contribution in [0.25, 0.3) is 0 Å². The van der Waals surface area contributed by atoms with Gasteiger partial charge in [0.25, 0.3) is 0 Å². The molecular formula is C19H27N3O2. The Kier molecular flexibility index (Phi) is 5.63. The summed E-state index contributed by atoms with van der Waals surface area (Å²) in [7, 11) is 3.39. The maximum Gasteiger partial charge on any atom is 0.228 e. The van der Waals surface area contributed by atoms with Crippen LogP contribution in [-0.2, 0) is 16.1 Å². The van der Waals surface area contributed by atoms with E-state index in [2.05, 4.69) is 25.1 Å². The Morgan fingerprint density at radius 3 is 2.29 bits per heavy atom. The van der Waals surface area contributed by atoms with E-state index in [4.69, 9.17) is 4.84 Å². The smallest absolute Gasteiger partial charge is 0.228 e. The number of hydrogen-bond donors (Lipinski definition) is 0. The van der Waals surface area contributed by atoms with Gasteiger partial charge in [-0.3, -0.25) is 4.79 Å². The first-order chi connectivity index (χ1) is 11.3. The van der Waals surface area contributed by atoms with Crippen LogP contribution in [0.5, 0.6) is 0 Å². The first kappa shape index (κ1) is 18.4. The molecule has 0 aliphatic carbocycles. The molecule has 0 atom stereocenters. The minimum atomic E-state index is -0.737. The molecule has 24 heavy (non-hydrogen) atoms. The maximum absolute atomic E-state index is 12.8. The van der Waals surface area contributed by atoms with E-state index < -0.39 is 5.54 Å². The number of carbonyl (C=O) groups is 1. The average Bonchev–Trinajstić information content (AvgIpc) is 2.57. The Morgan fingerprint density at radius 1 is 1.29 bits per heavy atom. The van der Waals surface area contributed by atoms with Crippen molar-refractivity contribution in [1.82, 2.24) is 9.96 Å². The summed E-state index contributed by atoms with van der Waals surface area (Å²) < 4.78 is 0. The summed E-state index contributed by atoms with van der Waals surface area (Å²) in [4.78, 5) is 19.7. The molecule has 0 N–H and O–H groups in total. The fraction of sp³-hybridized carbons (Fsp3) is 0.579. The van der Waals surface area contributed by atoms with Crippen molar-refractivity contribution < 1.29 is 9.63 Å². The van der Waals surface area contributed by atoms with Gasteiger partial charge in [0.05, 0.1) is 19.6 Å². The van der Waals surface area contributed by atoms with Gasteiger partial charge in [-0.25, -0.2) is 0 Å². The van der Waals surface area contributed by atoms with Gasteiger partial charge < -0.3 is 9.74 Å². The van der Waals surface area contributed by atoms with Crippen LogP contribution >= 0.6 is 0 Å². The van der Waals surface area contributed by atoms with Gasteiger partial charge in [0.1, 0.15) is 5.54 Å². The van der Waals surface area contributed by atoms with E-state index in [1.54, 1.807) is 19.1 Å². The Hall–Kier alpha value is -1.90. The number of nitrogens with zero attached hydrogens (tertiary/aromatic N) is 3. The summed E-state index contributed by atoms with van der Waals surface area (Å²) in [5, 5.41) is 11.6. The molecule has 0 bridgehead atoms. The minimum Gasteiger partial charge on any atom is -0.327 e. The zero-order valence-corrected chi connectivity index (χ0v) is 15.3. The van der Waals surface area contributed by atoms with Gasteiger partial charge in [0.2, 0.25) is 5.91 Å². The van der Waals surface area contributed by atoms with E-state index in [1.807, 2.05) is 18.9 Å². The number of hydrogen-bond acceptors (Lipinski definition) is 4. The summed E-state index contributed by atoms with van der Waals surface area (Å²) in [6.45, 7) is 7.46. The second-order valence-corrected chi connectivity index (χ2v) is 6.76. The van der Waals surface area contributed by atoms with Crippen molar-refractivity contribution in [3.63, 3.8) is 0 Å². The molecule has 0 saturated carbocycles. The van der Waals surface area contributed by atoms with Gasteiger partial charge >= 0.3 is 0 Å². The van der Waals surface area contributed by atoms with E-state index in [0.717, 1.165) is 16.7 Å². The molecule has 130 valence electrons. The highest BCUT2D eigenvalue weighted by molar-refractivity contribution is 5.80. The lowest BCUT2D eigenvalue weighted by Crippen LogP contribution is -2.55. The normalized spacial score (nSPS) is 17.3. The number of amides is 1. The first-order valence-corrected chi connectivity index (χ1v) is 8.36. The Morgan fingerprint density at radius 2 is 1.83 bits per heavy atom. The lowest BCUT2D eigenvalue weighted by atomic mass is 9.87. The summed E-state index contributed by atoms with van der Waals surface area (Å²) in [5.41, 5.74) is 3.80. The monoisotopic (exact) mass is 329 g/mol. The lowest BCUT2D eigenvalue weighted by Gasteiger charge is -2.42. The molecule has 1 amide bonds. The van der Waals surface area contributed by atoms with Gasteiger partial charge in [-0.05, 0) is 50.3 Å². The lowest BCUT2D eigenvalue weighted by molar-refractivity contribution is -0.161. The molecule has 1 heterocycles. The molecule has 1 saturated heterocycles. The predicted octanol–water partition coefficient (Wildman–Crippen LogP) is 2.53. The molecule has 0 unspecified atom stereocenters. The summed E-state index contributed by atoms with van der Waals surface area (Å²) in [6, 6.07) is 6.60. The molecule has 0 radical (unpaired) electrons. The van der Waals surface area contributed by atoms with E-state index in [-0.39, 0.29) is 5.91 Å². The molecule has 1 aliphatic rings. The van der Waals surface area contributed by atoms with Crippen molar-refractivity contribution in [2.75, 3.05) is 27.2 Å². The van der Waals surface area contributed by atoms with E-state index >= 15 is 0 Å². The maximum atomic E-state index is 12.8. The molecule has 0 aromatic heterocycles. The SMILES string of the molecule is CON1CCC(C#N)(N(C)C(=O)Cc2c(C)cc(C)cc2C)CC1. The van der Waals surface area contributed by atoms with Crippen molar-refractivity contribution in [1.29, 1.82) is 5.26 Å². The molecule has 5 nitrogen and oxygen atoms in total. The number of carbonyl (C=O) groups excluding carboxylic acids is 1. The number of rotatable bonds is 4. The van der Waals surface area contributed by atoms with Crippen molar-refractivity contribution in [3.8, 4) is 6.07 Å². The molecular weight excluding hydrogens is 302 g/mol. The zero-order chi connectivity index (χ0) is 17.9. The molecule has 1 aromatic carbocycles. The molecule has 1 aliphatic heterocycles. The summed E-state index contributed by atoms with van der Waals surface area (Å²) >= 11 is 0. The first-order valence-electron chi connectivity index (χ1n) is 8.36.